The van der Waals surface area contributed by atoms with E-state index < -0.39 is 18.3 Å². The van der Waals surface area contributed by atoms with E-state index in [9.17, 15) is 0 Å². The zero-order valence-electron chi connectivity index (χ0n) is 22.3. The van der Waals surface area contributed by atoms with Gasteiger partial charge in [-0.2, -0.15) is 0 Å². The lowest BCUT2D eigenvalue weighted by atomic mass is 9.75. The number of rotatable bonds is 1. The number of fused-ring (bicyclic) bond motifs is 7. The minimum atomic E-state index is -0.487. The summed E-state index contributed by atoms with van der Waals surface area (Å²) in [5.41, 5.74) is 5.47. The van der Waals surface area contributed by atoms with Crippen molar-refractivity contribution in [1.82, 2.24) is 4.40 Å². The van der Waals surface area contributed by atoms with E-state index in [0.717, 1.165) is 38.3 Å². The highest BCUT2D eigenvalue weighted by molar-refractivity contribution is 6.66. The lowest BCUT2D eigenvalue weighted by Gasteiger charge is -2.32. The largest absolute Gasteiger partial charge is 0.495 e. The molecule has 0 radical (unpaired) electrons. The highest BCUT2D eigenvalue weighted by Gasteiger charge is 2.52. The zero-order valence-corrected chi connectivity index (χ0v) is 22.3. The van der Waals surface area contributed by atoms with E-state index in [1.165, 1.54) is 38.0 Å². The lowest BCUT2D eigenvalue weighted by molar-refractivity contribution is 0.00578. The number of para-hydroxylation sites is 1. The van der Waals surface area contributed by atoms with Crippen LogP contribution in [0, 0.1) is 0 Å². The molecule has 0 bridgehead atoms. The van der Waals surface area contributed by atoms with Crippen LogP contribution in [0.5, 0.6) is 0 Å². The van der Waals surface area contributed by atoms with E-state index in [1.807, 2.05) is 0 Å². The predicted octanol–water partition coefficient (Wildman–Crippen LogP) is 8.19. The number of hydrogen-bond donors (Lipinski definition) is 0. The second-order valence-corrected chi connectivity index (χ2v) is 12.0. The molecule has 4 nitrogen and oxygen atoms in total. The van der Waals surface area contributed by atoms with Gasteiger partial charge in [-0.05, 0) is 73.6 Å². The van der Waals surface area contributed by atoms with E-state index in [2.05, 4.69) is 117 Å². The Morgan fingerprint density at radius 2 is 1.23 bits per heavy atom. The highest BCUT2D eigenvalue weighted by atomic mass is 16.7. The molecule has 1 aliphatic rings. The molecule has 3 aromatic heterocycles. The Bertz CT molecular complexity index is 2290. The van der Waals surface area contributed by atoms with Gasteiger partial charge in [-0.25, -0.2) is 0 Å². The van der Waals surface area contributed by atoms with Crippen molar-refractivity contribution < 1.29 is 13.7 Å². The van der Waals surface area contributed by atoms with Gasteiger partial charge in [-0.1, -0.05) is 60.7 Å². The van der Waals surface area contributed by atoms with Crippen LogP contribution in [0.3, 0.4) is 0 Å². The van der Waals surface area contributed by atoms with Crippen LogP contribution in [-0.4, -0.2) is 22.7 Å². The fourth-order valence-corrected chi connectivity index (χ4v) is 6.84. The molecule has 0 saturated carbocycles. The maximum atomic E-state index is 6.63. The Labute approximate surface area is 225 Å². The Hall–Kier alpha value is -4.06. The summed E-state index contributed by atoms with van der Waals surface area (Å²) in [7, 11) is -0.487. The van der Waals surface area contributed by atoms with Gasteiger partial charge in [0.05, 0.1) is 33.1 Å². The molecule has 1 fully saturated rings. The molecule has 188 valence electrons. The first-order valence-electron chi connectivity index (χ1n) is 13.6. The Morgan fingerprint density at radius 3 is 2.05 bits per heavy atom. The van der Waals surface area contributed by atoms with Gasteiger partial charge in [0.15, 0.2) is 0 Å². The van der Waals surface area contributed by atoms with Gasteiger partial charge >= 0.3 is 7.12 Å². The van der Waals surface area contributed by atoms with Crippen molar-refractivity contribution in [2.75, 3.05) is 0 Å². The van der Waals surface area contributed by atoms with Crippen LogP contribution in [0.4, 0.5) is 0 Å². The van der Waals surface area contributed by atoms with Crippen molar-refractivity contribution in [1.29, 1.82) is 0 Å². The van der Waals surface area contributed by atoms with Gasteiger partial charge < -0.3 is 18.1 Å². The third-order valence-corrected chi connectivity index (χ3v) is 9.37. The summed E-state index contributed by atoms with van der Waals surface area (Å²) in [5.74, 6) is 0. The number of nitrogens with zero attached hydrogens (tertiary/aromatic N) is 1. The van der Waals surface area contributed by atoms with Gasteiger partial charge in [-0.15, -0.1) is 0 Å². The molecule has 1 saturated heterocycles. The molecule has 1 aliphatic heterocycles. The normalized spacial score (nSPS) is 17.4. The summed E-state index contributed by atoms with van der Waals surface area (Å²) in [5, 5.41) is 9.58. The third kappa shape index (κ3) is 2.58. The van der Waals surface area contributed by atoms with E-state index in [4.69, 9.17) is 13.7 Å². The van der Waals surface area contributed by atoms with Crippen LogP contribution < -0.4 is 5.46 Å². The van der Waals surface area contributed by atoms with Crippen molar-refractivity contribution in [3.8, 4) is 0 Å². The maximum absolute atomic E-state index is 6.63. The van der Waals surface area contributed by atoms with Crippen molar-refractivity contribution in [2.45, 2.75) is 38.9 Å². The standard InChI is InChI=1S/C34H26BNO3/c1-33(2)34(3,4)39-35(38-33)23-16-18-27-31-29(23)22-12-7-11-21-28-20-10-6-5-9-19(20)15-17-25(28)36(32(21)22)24-13-8-14-26(37-27)30(24)31/h5-18H,1-4H3. The van der Waals surface area contributed by atoms with Gasteiger partial charge in [-0.3, -0.25) is 0 Å². The summed E-state index contributed by atoms with van der Waals surface area (Å²) in [4.78, 5) is 0. The van der Waals surface area contributed by atoms with E-state index >= 15 is 0 Å². The van der Waals surface area contributed by atoms with Crippen molar-refractivity contribution in [2.24, 2.45) is 0 Å². The van der Waals surface area contributed by atoms with Gasteiger partial charge in [0.25, 0.3) is 0 Å². The molecular formula is C34H26BNO3. The molecule has 0 amide bonds. The van der Waals surface area contributed by atoms with Crippen LogP contribution in [0.1, 0.15) is 27.7 Å². The Morgan fingerprint density at radius 1 is 0.564 bits per heavy atom. The first-order chi connectivity index (χ1) is 18.8. The Balaban J connectivity index is 1.58. The predicted molar refractivity (Wildman–Crippen MR) is 162 cm³/mol. The Kier molecular flexibility index (Phi) is 3.88. The summed E-state index contributed by atoms with van der Waals surface area (Å²) >= 11 is 0. The molecule has 5 aromatic carbocycles. The zero-order chi connectivity index (χ0) is 26.3. The fraction of sp³-hybridized carbons (Fsp3) is 0.176. The smallest absolute Gasteiger partial charge is 0.456 e. The molecule has 4 heterocycles. The quantitative estimate of drug-likeness (QED) is 0.210. The maximum Gasteiger partial charge on any atom is 0.495 e. The molecule has 9 rings (SSSR count). The number of aromatic nitrogens is 1. The number of benzene rings is 5. The van der Waals surface area contributed by atoms with E-state index in [0.29, 0.717) is 0 Å². The topological polar surface area (TPSA) is 36.0 Å². The second kappa shape index (κ2) is 6.92. The second-order valence-electron chi connectivity index (χ2n) is 12.0. The SMILES string of the molecule is CC1(C)OB(c2ccc3oc4cccc5c4c3c2c2cccc3c4c6ccccc6ccc4n5c23)OC1(C)C. The van der Waals surface area contributed by atoms with Gasteiger partial charge in [0, 0.05) is 21.5 Å². The van der Waals surface area contributed by atoms with E-state index in [1.54, 1.807) is 0 Å². The number of furan rings is 1. The molecule has 0 spiro atoms. The molecular weight excluding hydrogens is 481 g/mol. The fourth-order valence-electron chi connectivity index (χ4n) is 6.84. The van der Waals surface area contributed by atoms with Crippen LogP contribution >= 0.6 is 0 Å². The van der Waals surface area contributed by atoms with Gasteiger partial charge in [0.2, 0.25) is 0 Å². The first kappa shape index (κ1) is 21.8. The minimum absolute atomic E-state index is 0.437. The molecule has 0 atom stereocenters. The van der Waals surface area contributed by atoms with Crippen molar-refractivity contribution in [3.05, 3.63) is 84.9 Å². The monoisotopic (exact) mass is 507 g/mol. The minimum Gasteiger partial charge on any atom is -0.456 e. The van der Waals surface area contributed by atoms with Crippen LogP contribution in [0.2, 0.25) is 0 Å². The third-order valence-electron chi connectivity index (χ3n) is 9.37. The van der Waals surface area contributed by atoms with E-state index in [-0.39, 0.29) is 0 Å². The first-order valence-corrected chi connectivity index (χ1v) is 13.6. The molecule has 0 unspecified atom stereocenters. The molecule has 5 heteroatoms. The molecule has 39 heavy (non-hydrogen) atoms. The summed E-state index contributed by atoms with van der Waals surface area (Å²) in [6.45, 7) is 8.44. The molecule has 8 aromatic rings. The summed E-state index contributed by atoms with van der Waals surface area (Å²) < 4.78 is 22.2. The summed E-state index contributed by atoms with van der Waals surface area (Å²) in [6, 6.07) is 30.5. The summed E-state index contributed by atoms with van der Waals surface area (Å²) in [6.07, 6.45) is 0. The van der Waals surface area contributed by atoms with Crippen molar-refractivity contribution in [3.63, 3.8) is 0 Å². The van der Waals surface area contributed by atoms with Crippen molar-refractivity contribution >= 4 is 83.4 Å². The highest BCUT2D eigenvalue weighted by Crippen LogP contribution is 2.45. The molecule has 0 N–H and O–H groups in total. The van der Waals surface area contributed by atoms with Crippen LogP contribution in [0.15, 0.2) is 89.3 Å². The van der Waals surface area contributed by atoms with Gasteiger partial charge in [0.1, 0.15) is 11.2 Å². The van der Waals surface area contributed by atoms with Crippen LogP contribution in [0.25, 0.3) is 70.8 Å². The molecule has 0 aliphatic carbocycles. The average molecular weight is 507 g/mol. The lowest BCUT2D eigenvalue weighted by Crippen LogP contribution is -2.41. The number of hydrogen-bond acceptors (Lipinski definition) is 3. The average Bonchev–Trinajstić information content (AvgIpc) is 3.51. The van der Waals surface area contributed by atoms with Crippen LogP contribution in [-0.2, 0) is 9.31 Å².